The second-order valence-electron chi connectivity index (χ2n) is 9.58. The first-order valence-electron chi connectivity index (χ1n) is 12.1. The van der Waals surface area contributed by atoms with Crippen molar-refractivity contribution < 1.29 is 36.2 Å². The molecule has 206 valence electrons. The van der Waals surface area contributed by atoms with Crippen molar-refractivity contribution >= 4 is 17.5 Å². The summed E-state index contributed by atoms with van der Waals surface area (Å²) in [6, 6.07) is 4.92. The summed E-state index contributed by atoms with van der Waals surface area (Å²) in [5.74, 6) is -0.256. The summed E-state index contributed by atoms with van der Waals surface area (Å²) in [6.07, 6.45) is 0.870. The Labute approximate surface area is 218 Å². The van der Waals surface area contributed by atoms with E-state index in [-0.39, 0.29) is 24.6 Å². The van der Waals surface area contributed by atoms with Gasteiger partial charge in [0.1, 0.15) is 17.3 Å². The molecular weight excluding hydrogens is 511 g/mol. The molecule has 37 heavy (non-hydrogen) atoms. The fourth-order valence-corrected chi connectivity index (χ4v) is 4.31. The zero-order valence-electron chi connectivity index (χ0n) is 21.4. The Bertz CT molecular complexity index is 1090. The zero-order valence-corrected chi connectivity index (χ0v) is 22.2. The molecule has 0 unspecified atom stereocenters. The Balaban J connectivity index is 0.00000153. The van der Waals surface area contributed by atoms with E-state index in [4.69, 9.17) is 13.2 Å². The van der Waals surface area contributed by atoms with Crippen molar-refractivity contribution in [2.24, 2.45) is 11.8 Å². The average molecular weight is 546 g/mol. The van der Waals surface area contributed by atoms with Crippen LogP contribution in [-0.2, 0) is 24.4 Å². The minimum atomic E-state index is -4.27. The highest BCUT2D eigenvalue weighted by Gasteiger charge is 2.36. The first kappa shape index (κ1) is 30.5. The summed E-state index contributed by atoms with van der Waals surface area (Å²) in [7, 11) is 1.46. The number of methoxy groups -OCH3 is 1. The van der Waals surface area contributed by atoms with Gasteiger partial charge in [-0.3, -0.25) is 9.36 Å². The molecule has 0 aliphatic heterocycles. The van der Waals surface area contributed by atoms with Crippen LogP contribution < -0.4 is 10.1 Å². The molecule has 1 atom stereocenters. The topological polar surface area (TPSA) is 111 Å². The molecule has 1 aliphatic rings. The van der Waals surface area contributed by atoms with E-state index in [1.54, 1.807) is 29.0 Å². The third-order valence-electron chi connectivity index (χ3n) is 6.72. The lowest BCUT2D eigenvalue weighted by Crippen LogP contribution is -2.45. The molecule has 1 saturated carbocycles. The number of alkyl halides is 3. The van der Waals surface area contributed by atoms with Gasteiger partial charge in [0.2, 0.25) is 0 Å². The van der Waals surface area contributed by atoms with Crippen LogP contribution >= 0.6 is 0 Å². The fourth-order valence-electron chi connectivity index (χ4n) is 4.31. The van der Waals surface area contributed by atoms with Crippen LogP contribution in [0.5, 0.6) is 5.75 Å². The highest BCUT2D eigenvalue weighted by atomic mass is 32.1. The molecule has 1 aromatic carbocycles. The summed E-state index contributed by atoms with van der Waals surface area (Å²) in [6.45, 7) is 5.39. The number of nitrogens with zero attached hydrogens (tertiary/aromatic N) is 2. The first-order chi connectivity index (χ1) is 17.4. The maximum Gasteiger partial charge on any atom is 0.391 e. The number of ether oxygens (including phenoxy) is 1. The number of hydrogen-bond acceptors (Lipinski definition) is 6. The highest BCUT2D eigenvalue weighted by Crippen LogP contribution is 2.33. The van der Waals surface area contributed by atoms with E-state index in [1.165, 1.54) is 7.11 Å². The van der Waals surface area contributed by atoms with Crippen LogP contribution in [0.2, 0.25) is 0 Å². The smallest absolute Gasteiger partial charge is 0.391 e. The first-order valence-corrected chi connectivity index (χ1v) is 12.8. The predicted octanol–water partition coefficient (Wildman–Crippen LogP) is 4.19. The highest BCUT2D eigenvalue weighted by molar-refractivity contribution is 7.51. The third-order valence-corrected chi connectivity index (χ3v) is 6.72. The number of rotatable bonds is 8. The zero-order chi connectivity index (χ0) is 27.8. The SMILES string of the molecule is CCc1nc(C(=O)NCC2(O)CCC(C)CC2)cn1-c1ccc(C[C@@H](C)C(F)(F)F)cc1OC.O=S=O. The molecule has 2 N–H and O–H groups in total. The Hall–Kier alpha value is -2.73. The molecule has 12 heteroatoms. The van der Waals surface area contributed by atoms with Crippen molar-refractivity contribution in [3.63, 3.8) is 0 Å². The Kier molecular flexibility index (Phi) is 10.9. The summed E-state index contributed by atoms with van der Waals surface area (Å²) in [5, 5.41) is 13.6. The molecule has 0 spiro atoms. The van der Waals surface area contributed by atoms with Gasteiger partial charge in [-0.1, -0.05) is 26.8 Å². The van der Waals surface area contributed by atoms with Gasteiger partial charge >= 0.3 is 17.7 Å². The van der Waals surface area contributed by atoms with Crippen molar-refractivity contribution in [1.29, 1.82) is 0 Å². The van der Waals surface area contributed by atoms with Crippen molar-refractivity contribution in [1.82, 2.24) is 14.9 Å². The summed E-state index contributed by atoms with van der Waals surface area (Å²) in [5.41, 5.74) is 0.414. The number of imidazole rings is 1. The lowest BCUT2D eigenvalue weighted by atomic mass is 9.79. The van der Waals surface area contributed by atoms with Crippen molar-refractivity contribution in [3.8, 4) is 11.4 Å². The van der Waals surface area contributed by atoms with Gasteiger partial charge in [-0.25, -0.2) is 4.98 Å². The number of hydrogen-bond donors (Lipinski definition) is 2. The van der Waals surface area contributed by atoms with Gasteiger partial charge in [0.05, 0.1) is 24.3 Å². The molecule has 1 fully saturated rings. The number of aliphatic hydroxyl groups is 1. The van der Waals surface area contributed by atoms with Crippen molar-refractivity contribution in [2.45, 2.75) is 71.1 Å². The van der Waals surface area contributed by atoms with E-state index in [9.17, 15) is 23.1 Å². The van der Waals surface area contributed by atoms with Gasteiger partial charge in [0.15, 0.2) is 0 Å². The molecule has 1 aliphatic carbocycles. The van der Waals surface area contributed by atoms with E-state index in [2.05, 4.69) is 17.2 Å². The summed E-state index contributed by atoms with van der Waals surface area (Å²) >= 11 is -0.750. The molecule has 0 bridgehead atoms. The summed E-state index contributed by atoms with van der Waals surface area (Å²) < 4.78 is 62.7. The lowest BCUT2D eigenvalue weighted by Gasteiger charge is -2.34. The Morgan fingerprint density at radius 3 is 2.49 bits per heavy atom. The monoisotopic (exact) mass is 545 g/mol. The molecule has 0 radical (unpaired) electrons. The standard InChI is InChI=1S/C25H34F3N3O3.O2S/c1-5-22-30-19(23(32)29-15-24(33)10-8-16(2)9-11-24)14-31(22)20-7-6-18(13-21(20)34-4)12-17(3)25(26,27)28;1-3-2/h6-7,13-14,16-17,33H,5,8-12,15H2,1-4H3,(H,29,32);/t16?,17-,24?;/m1./s1. The van der Waals surface area contributed by atoms with E-state index in [0.717, 1.165) is 19.8 Å². The molecule has 1 heterocycles. The fraction of sp³-hybridized carbons (Fsp3) is 0.600. The van der Waals surface area contributed by atoms with Gasteiger partial charge in [0, 0.05) is 19.2 Å². The molecule has 8 nitrogen and oxygen atoms in total. The molecule has 1 amide bonds. The number of carbonyl (C=O) groups is 1. The number of aromatic nitrogens is 2. The normalized spacial score (nSPS) is 20.4. The minimum Gasteiger partial charge on any atom is -0.495 e. The quantitative estimate of drug-likeness (QED) is 0.515. The molecule has 0 saturated heterocycles. The van der Waals surface area contributed by atoms with E-state index >= 15 is 0 Å². The summed E-state index contributed by atoms with van der Waals surface area (Å²) in [4.78, 5) is 17.2. The van der Waals surface area contributed by atoms with Crippen LogP contribution in [0.15, 0.2) is 24.4 Å². The molecule has 3 rings (SSSR count). The Morgan fingerprint density at radius 2 is 1.95 bits per heavy atom. The molecular formula is C25H34F3N3O5S. The van der Waals surface area contributed by atoms with Crippen molar-refractivity contribution in [3.05, 3.63) is 41.5 Å². The number of halogens is 3. The van der Waals surface area contributed by atoms with E-state index in [0.29, 0.717) is 48.0 Å². The minimum absolute atomic E-state index is 0.153. The van der Waals surface area contributed by atoms with E-state index < -0.39 is 29.3 Å². The van der Waals surface area contributed by atoms with Gasteiger partial charge in [-0.05, 0) is 55.7 Å². The molecule has 2 aromatic rings. The number of amides is 1. The van der Waals surface area contributed by atoms with Crippen LogP contribution in [0.1, 0.15) is 68.3 Å². The predicted molar refractivity (Wildman–Crippen MR) is 132 cm³/mol. The number of aryl methyl sites for hydroxylation is 1. The van der Waals surface area contributed by atoms with Gasteiger partial charge < -0.3 is 15.2 Å². The lowest BCUT2D eigenvalue weighted by molar-refractivity contribution is -0.169. The van der Waals surface area contributed by atoms with Gasteiger partial charge in [-0.2, -0.15) is 21.6 Å². The number of benzene rings is 1. The second kappa shape index (κ2) is 13.2. The van der Waals surface area contributed by atoms with Crippen molar-refractivity contribution in [2.75, 3.05) is 13.7 Å². The molecule has 1 aromatic heterocycles. The largest absolute Gasteiger partial charge is 0.495 e. The van der Waals surface area contributed by atoms with Crippen LogP contribution in [0, 0.1) is 11.8 Å². The van der Waals surface area contributed by atoms with Crippen LogP contribution in [0.25, 0.3) is 5.69 Å². The number of carbonyl (C=O) groups excluding carboxylic acids is 1. The van der Waals surface area contributed by atoms with Gasteiger partial charge in [-0.15, -0.1) is 0 Å². The second-order valence-corrected chi connectivity index (χ2v) is 9.71. The average Bonchev–Trinajstić information content (AvgIpc) is 3.29. The maximum atomic E-state index is 13.0. The van der Waals surface area contributed by atoms with Gasteiger partial charge in [0.25, 0.3) is 5.91 Å². The Morgan fingerprint density at radius 1 is 1.32 bits per heavy atom. The van der Waals surface area contributed by atoms with E-state index in [1.807, 2.05) is 6.92 Å². The van der Waals surface area contributed by atoms with Crippen LogP contribution in [0.3, 0.4) is 0 Å². The van der Waals surface area contributed by atoms with Crippen LogP contribution in [0.4, 0.5) is 13.2 Å². The third kappa shape index (κ3) is 8.39. The maximum absolute atomic E-state index is 13.0. The van der Waals surface area contributed by atoms with Crippen LogP contribution in [-0.4, -0.2) is 54.4 Å². The number of nitrogens with one attached hydrogen (secondary N) is 1.